The van der Waals surface area contributed by atoms with Gasteiger partial charge in [0.15, 0.2) is 0 Å². The fourth-order valence-corrected chi connectivity index (χ4v) is 0.557. The first kappa shape index (κ1) is 17.3. The van der Waals surface area contributed by atoms with Crippen molar-refractivity contribution in [3.8, 4) is 5.75 Å². The van der Waals surface area contributed by atoms with Gasteiger partial charge in [0.1, 0.15) is 5.75 Å². The van der Waals surface area contributed by atoms with Crippen LogP contribution in [0, 0.1) is 0 Å². The molecule has 0 aliphatic carbocycles. The summed E-state index contributed by atoms with van der Waals surface area (Å²) < 4.78 is 4.91. The fourth-order valence-electron chi connectivity index (χ4n) is 0.557. The number of hydrogen-bond donors (Lipinski definition) is 0. The van der Waals surface area contributed by atoms with Crippen molar-refractivity contribution in [1.82, 2.24) is 0 Å². The zero-order valence-corrected chi connectivity index (χ0v) is 9.34. The Morgan fingerprint density at radius 3 is 1.73 bits per heavy atom. The van der Waals surface area contributed by atoms with Crippen LogP contribution in [0.25, 0.3) is 0 Å². The summed E-state index contributed by atoms with van der Waals surface area (Å²) in [6.07, 6.45) is 0. The monoisotopic (exact) mass is 282 g/mol. The number of ether oxygens (including phenoxy) is 1. The summed E-state index contributed by atoms with van der Waals surface area (Å²) in [6.45, 7) is 0. The van der Waals surface area contributed by atoms with E-state index >= 15 is 0 Å². The molecule has 0 saturated carbocycles. The second-order valence-electron chi connectivity index (χ2n) is 1.52. The molecule has 1 aromatic carbocycles. The van der Waals surface area contributed by atoms with Crippen LogP contribution in [-0.2, 0) is 19.5 Å². The normalized spacial score (nSPS) is 6.27. The smallest absolute Gasteiger partial charge is 0.118 e. The maximum Gasteiger partial charge on any atom is 0.118 e. The van der Waals surface area contributed by atoms with E-state index in [2.05, 4.69) is 0 Å². The van der Waals surface area contributed by atoms with E-state index in [-0.39, 0.29) is 44.3 Å². The summed E-state index contributed by atoms with van der Waals surface area (Å²) in [5, 5.41) is 0. The number of rotatable bonds is 1. The number of hydrogen-bond acceptors (Lipinski definition) is 1. The topological polar surface area (TPSA) is 9.23 Å². The van der Waals surface area contributed by atoms with E-state index in [1.165, 1.54) is 0 Å². The van der Waals surface area contributed by atoms with Crippen LogP contribution in [0.1, 0.15) is 0 Å². The Balaban J connectivity index is -0.000000213. The molecule has 0 spiro atoms. The van der Waals surface area contributed by atoms with Crippen molar-refractivity contribution < 1.29 is 24.2 Å². The summed E-state index contributed by atoms with van der Waals surface area (Å²) in [5.74, 6) is 0.910. The maximum absolute atomic E-state index is 4.91. The SMILES string of the molecule is COc1ccccc1.Cl.Cl.[Ru]. The summed E-state index contributed by atoms with van der Waals surface area (Å²) in [4.78, 5) is 0. The van der Waals surface area contributed by atoms with Crippen LogP contribution < -0.4 is 4.74 Å². The molecular weight excluding hydrogens is 272 g/mol. The average molecular weight is 282 g/mol. The van der Waals surface area contributed by atoms with Crippen LogP contribution in [0.5, 0.6) is 5.75 Å². The molecule has 0 heterocycles. The minimum absolute atomic E-state index is 0. The largest absolute Gasteiger partial charge is 0.497 e. The Labute approximate surface area is 92.1 Å². The zero-order valence-electron chi connectivity index (χ0n) is 5.97. The molecule has 0 N–H and O–H groups in total. The third-order valence-corrected chi connectivity index (χ3v) is 0.979. The average Bonchev–Trinajstić information content (AvgIpc) is 1.90. The summed E-state index contributed by atoms with van der Waals surface area (Å²) >= 11 is 0. The van der Waals surface area contributed by atoms with E-state index < -0.39 is 0 Å². The Hall–Kier alpha value is 0.223. The molecule has 0 bridgehead atoms. The van der Waals surface area contributed by atoms with Crippen molar-refractivity contribution in [2.75, 3.05) is 7.11 Å². The quantitative estimate of drug-likeness (QED) is 0.719. The van der Waals surface area contributed by atoms with E-state index in [1.54, 1.807) is 7.11 Å². The van der Waals surface area contributed by atoms with Crippen LogP contribution in [-0.4, -0.2) is 7.11 Å². The number of benzene rings is 1. The number of methoxy groups -OCH3 is 1. The first-order chi connectivity index (χ1) is 3.93. The van der Waals surface area contributed by atoms with Gasteiger partial charge in [-0.05, 0) is 12.1 Å². The van der Waals surface area contributed by atoms with Crippen molar-refractivity contribution in [3.63, 3.8) is 0 Å². The van der Waals surface area contributed by atoms with Crippen LogP contribution in [0.3, 0.4) is 0 Å². The van der Waals surface area contributed by atoms with Gasteiger partial charge in [0.2, 0.25) is 0 Å². The van der Waals surface area contributed by atoms with Crippen LogP contribution in [0.4, 0.5) is 0 Å². The Morgan fingerprint density at radius 2 is 1.45 bits per heavy atom. The zero-order chi connectivity index (χ0) is 5.82. The molecule has 0 fully saturated rings. The van der Waals surface area contributed by atoms with Crippen molar-refractivity contribution in [3.05, 3.63) is 30.3 Å². The molecule has 0 atom stereocenters. The Morgan fingerprint density at radius 1 is 1.00 bits per heavy atom. The minimum atomic E-state index is 0. The maximum atomic E-state index is 4.91. The molecule has 0 saturated heterocycles. The van der Waals surface area contributed by atoms with Crippen molar-refractivity contribution in [2.24, 2.45) is 0 Å². The van der Waals surface area contributed by atoms with Crippen molar-refractivity contribution in [1.29, 1.82) is 0 Å². The second kappa shape index (κ2) is 10.2. The van der Waals surface area contributed by atoms with E-state index in [4.69, 9.17) is 4.74 Å². The molecular formula is C7H10Cl2ORu. The van der Waals surface area contributed by atoms with Gasteiger partial charge in [-0.15, -0.1) is 24.8 Å². The molecule has 4 heteroatoms. The summed E-state index contributed by atoms with van der Waals surface area (Å²) in [5.41, 5.74) is 0. The van der Waals surface area contributed by atoms with Crippen LogP contribution in [0.2, 0.25) is 0 Å². The summed E-state index contributed by atoms with van der Waals surface area (Å²) in [7, 11) is 1.66. The Kier molecular flexibility index (Phi) is 16.1. The first-order valence-corrected chi connectivity index (χ1v) is 2.52. The molecule has 1 rings (SSSR count). The van der Waals surface area contributed by atoms with Crippen molar-refractivity contribution >= 4 is 24.8 Å². The molecule has 1 aromatic rings. The molecule has 0 unspecified atom stereocenters. The number of para-hydroxylation sites is 1. The van der Waals surface area contributed by atoms with Crippen LogP contribution >= 0.6 is 24.8 Å². The minimum Gasteiger partial charge on any atom is -0.497 e. The second-order valence-corrected chi connectivity index (χ2v) is 1.52. The van der Waals surface area contributed by atoms with E-state index in [1.807, 2.05) is 30.3 Å². The van der Waals surface area contributed by atoms with Crippen LogP contribution in [0.15, 0.2) is 30.3 Å². The molecule has 0 aliphatic heterocycles. The molecule has 11 heavy (non-hydrogen) atoms. The van der Waals surface area contributed by atoms with Gasteiger partial charge in [-0.1, -0.05) is 18.2 Å². The predicted molar refractivity (Wildman–Crippen MR) is 47.5 cm³/mol. The van der Waals surface area contributed by atoms with Gasteiger partial charge in [0.05, 0.1) is 7.11 Å². The van der Waals surface area contributed by atoms with E-state index in [0.717, 1.165) is 5.75 Å². The van der Waals surface area contributed by atoms with Gasteiger partial charge < -0.3 is 4.74 Å². The first-order valence-electron chi connectivity index (χ1n) is 2.52. The summed E-state index contributed by atoms with van der Waals surface area (Å²) in [6, 6.07) is 9.68. The van der Waals surface area contributed by atoms with Gasteiger partial charge in [0, 0.05) is 19.5 Å². The molecule has 0 aliphatic rings. The van der Waals surface area contributed by atoms with Gasteiger partial charge in [-0.3, -0.25) is 0 Å². The van der Waals surface area contributed by atoms with Gasteiger partial charge in [0.25, 0.3) is 0 Å². The van der Waals surface area contributed by atoms with E-state index in [9.17, 15) is 0 Å². The van der Waals surface area contributed by atoms with Gasteiger partial charge >= 0.3 is 0 Å². The fraction of sp³-hybridized carbons (Fsp3) is 0.143. The number of halogens is 2. The third kappa shape index (κ3) is 6.61. The predicted octanol–water partition coefficient (Wildman–Crippen LogP) is 2.54. The van der Waals surface area contributed by atoms with Gasteiger partial charge in [-0.25, -0.2) is 0 Å². The van der Waals surface area contributed by atoms with Crippen molar-refractivity contribution in [2.45, 2.75) is 0 Å². The standard InChI is InChI=1S/C7H8O.2ClH.Ru/c1-8-7-5-3-2-4-6-7;;;/h2-6H,1H3;2*1H;. The van der Waals surface area contributed by atoms with E-state index in [0.29, 0.717) is 0 Å². The molecule has 66 valence electrons. The molecule has 1 nitrogen and oxygen atoms in total. The Bertz CT molecular complexity index is 158. The molecule has 0 aromatic heterocycles. The molecule has 0 radical (unpaired) electrons. The third-order valence-electron chi connectivity index (χ3n) is 0.979. The molecule has 0 amide bonds. The van der Waals surface area contributed by atoms with Gasteiger partial charge in [-0.2, -0.15) is 0 Å².